The number of nitrogens with one attached hydrogen (secondary N) is 1. The Bertz CT molecular complexity index is 1320. The highest BCUT2D eigenvalue weighted by Crippen LogP contribution is 2.42. The lowest BCUT2D eigenvalue weighted by Gasteiger charge is -2.38. The highest BCUT2D eigenvalue weighted by atomic mass is 35.5. The van der Waals surface area contributed by atoms with Crippen LogP contribution in [0.5, 0.6) is 17.2 Å². The van der Waals surface area contributed by atoms with Crippen LogP contribution in [-0.2, 0) is 0 Å². The molecule has 0 fully saturated rings. The summed E-state index contributed by atoms with van der Waals surface area (Å²) in [4.78, 5) is 9.46. The second kappa shape index (κ2) is 8.90. The number of hydrogen-bond donors (Lipinski definition) is 2. The van der Waals surface area contributed by atoms with E-state index >= 15 is 0 Å². The van der Waals surface area contributed by atoms with E-state index < -0.39 is 17.0 Å². The third-order valence-electron chi connectivity index (χ3n) is 5.22. The Kier molecular flexibility index (Phi) is 5.90. The molecule has 35 heavy (non-hydrogen) atoms. The molecule has 2 aliphatic rings. The molecule has 0 bridgehead atoms. The van der Waals surface area contributed by atoms with Gasteiger partial charge in [0.05, 0.1) is 11.9 Å². The fraction of sp³-hybridized carbons (Fsp3) is 0.167. The topological polar surface area (TPSA) is 78.7 Å². The Morgan fingerprint density at radius 1 is 0.943 bits per heavy atom. The van der Waals surface area contributed by atoms with Gasteiger partial charge in [-0.2, -0.15) is 8.78 Å². The minimum atomic E-state index is -3.53. The Balaban J connectivity index is 1.57. The molecule has 0 radical (unpaired) electrons. The van der Waals surface area contributed by atoms with E-state index in [1.807, 2.05) is 0 Å². The smallest absolute Gasteiger partial charge is 0.339 e. The van der Waals surface area contributed by atoms with Gasteiger partial charge in [-0.15, -0.1) is 0 Å². The lowest BCUT2D eigenvalue weighted by Crippen LogP contribution is -2.48. The molecule has 0 saturated carbocycles. The molecule has 3 aromatic carbocycles. The van der Waals surface area contributed by atoms with Crippen molar-refractivity contribution in [2.75, 3.05) is 23.4 Å². The Morgan fingerprint density at radius 2 is 1.69 bits per heavy atom. The molecular formula is C24H18Cl2F2N4O3. The standard InChI is InChI=1S/C24H18Cl2F2N4O3/c25-15-4-7-17(8-5-15)32(18-2-1-3-19(33)13-18)24(26)29-14-23(27,28)22(31-24)30-16-6-9-20-21(12-16)35-11-10-34-20/h1-9,12-14,33H,10-11H2,(H,30,31). The minimum absolute atomic E-state index is 0.0505. The molecule has 0 amide bonds. The zero-order valence-corrected chi connectivity index (χ0v) is 19.5. The monoisotopic (exact) mass is 518 g/mol. The fourth-order valence-electron chi connectivity index (χ4n) is 3.65. The lowest BCUT2D eigenvalue weighted by molar-refractivity contribution is 0.158. The van der Waals surface area contributed by atoms with Crippen molar-refractivity contribution >= 4 is 52.3 Å². The SMILES string of the molecule is Oc1cccc(N(c2ccc(Cl)cc2)C2(Cl)N=CC(F)(F)C(Nc3ccc4c(c3)OCCO4)=N2)c1. The summed E-state index contributed by atoms with van der Waals surface area (Å²) in [7, 11) is 0. The van der Waals surface area contributed by atoms with Crippen LogP contribution in [0.15, 0.2) is 76.7 Å². The lowest BCUT2D eigenvalue weighted by atomic mass is 10.2. The van der Waals surface area contributed by atoms with Crippen molar-refractivity contribution in [3.05, 3.63) is 71.8 Å². The minimum Gasteiger partial charge on any atom is -0.508 e. The van der Waals surface area contributed by atoms with Gasteiger partial charge in [0.15, 0.2) is 17.3 Å². The molecule has 1 atom stereocenters. The number of phenols is 1. The molecule has 0 saturated heterocycles. The van der Waals surface area contributed by atoms with Crippen LogP contribution in [0.3, 0.4) is 0 Å². The first-order chi connectivity index (χ1) is 16.7. The van der Waals surface area contributed by atoms with E-state index in [0.717, 1.165) is 0 Å². The Hall–Kier alpha value is -3.56. The number of fused-ring (bicyclic) bond motifs is 1. The molecule has 3 aromatic rings. The molecule has 0 aromatic heterocycles. The number of alkyl halides is 3. The number of hydrogen-bond acceptors (Lipinski definition) is 7. The summed E-state index contributed by atoms with van der Waals surface area (Å²) >= 11 is 12.8. The van der Waals surface area contributed by atoms with Gasteiger partial charge in [-0.3, -0.25) is 4.90 Å². The van der Waals surface area contributed by atoms with Crippen molar-refractivity contribution in [3.8, 4) is 17.2 Å². The van der Waals surface area contributed by atoms with Crippen LogP contribution < -0.4 is 19.7 Å². The van der Waals surface area contributed by atoms with Gasteiger partial charge in [-0.1, -0.05) is 17.7 Å². The first-order valence-corrected chi connectivity index (χ1v) is 11.2. The van der Waals surface area contributed by atoms with Crippen LogP contribution in [0.2, 0.25) is 5.02 Å². The number of nitrogens with zero attached hydrogens (tertiary/aromatic N) is 3. The average Bonchev–Trinajstić information content (AvgIpc) is 2.83. The summed E-state index contributed by atoms with van der Waals surface area (Å²) < 4.78 is 40.8. The van der Waals surface area contributed by atoms with Crippen LogP contribution in [0.1, 0.15) is 0 Å². The quantitative estimate of drug-likeness (QED) is 0.325. The van der Waals surface area contributed by atoms with Crippen molar-refractivity contribution in [1.82, 2.24) is 0 Å². The number of halogens is 4. The predicted octanol–water partition coefficient (Wildman–Crippen LogP) is 6.04. The molecular weight excluding hydrogens is 501 g/mol. The largest absolute Gasteiger partial charge is 0.508 e. The summed E-state index contributed by atoms with van der Waals surface area (Å²) in [6.07, 6.45) is 0.444. The first kappa shape index (κ1) is 23.2. The Morgan fingerprint density at radius 3 is 2.43 bits per heavy atom. The number of aliphatic imine (C=N–C) groups is 2. The number of amidine groups is 1. The number of phenolic OH excluding ortho intramolecular Hbond substituents is 1. The molecule has 5 rings (SSSR count). The van der Waals surface area contributed by atoms with Gasteiger partial charge in [0.1, 0.15) is 19.0 Å². The summed E-state index contributed by atoms with van der Waals surface area (Å²) in [6, 6.07) is 17.4. The number of anilines is 3. The summed E-state index contributed by atoms with van der Waals surface area (Å²) in [5.41, 5.74) is 1.13. The molecule has 7 nitrogen and oxygen atoms in total. The van der Waals surface area contributed by atoms with Crippen molar-refractivity contribution in [1.29, 1.82) is 0 Å². The zero-order valence-electron chi connectivity index (χ0n) is 18.0. The van der Waals surface area contributed by atoms with E-state index in [1.54, 1.807) is 54.6 Å². The van der Waals surface area contributed by atoms with Crippen LogP contribution in [-0.4, -0.2) is 41.5 Å². The van der Waals surface area contributed by atoms with Crippen LogP contribution in [0.4, 0.5) is 25.8 Å². The zero-order chi connectivity index (χ0) is 24.6. The van der Waals surface area contributed by atoms with Crippen molar-refractivity contribution in [3.63, 3.8) is 0 Å². The second-order valence-corrected chi connectivity index (χ2v) is 8.65. The maximum atomic E-state index is 14.9. The Labute approximate surface area is 209 Å². The molecule has 11 heteroatoms. The van der Waals surface area contributed by atoms with E-state index in [4.69, 9.17) is 32.7 Å². The van der Waals surface area contributed by atoms with E-state index in [1.165, 1.54) is 17.0 Å². The van der Waals surface area contributed by atoms with Crippen molar-refractivity contribution in [2.45, 2.75) is 11.2 Å². The van der Waals surface area contributed by atoms with Crippen LogP contribution in [0.25, 0.3) is 0 Å². The molecule has 180 valence electrons. The van der Waals surface area contributed by atoms with E-state index in [0.29, 0.717) is 53.0 Å². The van der Waals surface area contributed by atoms with E-state index in [-0.39, 0.29) is 5.75 Å². The molecule has 2 heterocycles. The summed E-state index contributed by atoms with van der Waals surface area (Å²) in [5.74, 6) is -3.36. The van der Waals surface area contributed by atoms with E-state index in [2.05, 4.69) is 15.3 Å². The summed E-state index contributed by atoms with van der Waals surface area (Å²) in [6.45, 7) is 0.760. The molecule has 2 aliphatic heterocycles. The maximum Gasteiger partial charge on any atom is 0.339 e. The third-order valence-corrected chi connectivity index (χ3v) is 5.83. The average molecular weight is 519 g/mol. The number of aromatic hydroxyl groups is 1. The van der Waals surface area contributed by atoms with Gasteiger partial charge in [0, 0.05) is 28.5 Å². The van der Waals surface area contributed by atoms with Gasteiger partial charge in [0.2, 0.25) is 0 Å². The molecule has 0 aliphatic carbocycles. The number of benzene rings is 3. The van der Waals surface area contributed by atoms with E-state index in [9.17, 15) is 13.9 Å². The maximum absolute atomic E-state index is 14.9. The highest BCUT2D eigenvalue weighted by molar-refractivity contribution is 6.31. The number of ether oxygens (including phenoxy) is 2. The third kappa shape index (κ3) is 4.69. The van der Waals surface area contributed by atoms with Gasteiger partial charge in [-0.05, 0) is 60.1 Å². The van der Waals surface area contributed by atoms with Gasteiger partial charge < -0.3 is 19.9 Å². The second-order valence-electron chi connectivity index (χ2n) is 7.71. The van der Waals surface area contributed by atoms with Crippen molar-refractivity contribution in [2.24, 2.45) is 9.98 Å². The van der Waals surface area contributed by atoms with Gasteiger partial charge >= 0.3 is 11.2 Å². The first-order valence-electron chi connectivity index (χ1n) is 10.5. The predicted molar refractivity (Wildman–Crippen MR) is 132 cm³/mol. The molecule has 0 spiro atoms. The summed E-state index contributed by atoms with van der Waals surface area (Å²) in [5, 5.41) is 11.1. The van der Waals surface area contributed by atoms with Crippen molar-refractivity contribution < 1.29 is 23.4 Å². The van der Waals surface area contributed by atoms with Gasteiger partial charge in [-0.25, -0.2) is 9.98 Å². The van der Waals surface area contributed by atoms with Crippen LogP contribution >= 0.6 is 23.2 Å². The highest BCUT2D eigenvalue weighted by Gasteiger charge is 2.46. The van der Waals surface area contributed by atoms with Gasteiger partial charge in [0.25, 0.3) is 0 Å². The fourth-order valence-corrected chi connectivity index (χ4v) is 4.10. The number of rotatable bonds is 4. The molecule has 2 N–H and O–H groups in total. The van der Waals surface area contributed by atoms with Crippen LogP contribution in [0, 0.1) is 0 Å². The normalized spacial score (nSPS) is 20.2. The molecule has 1 unspecified atom stereocenters.